The molecule has 0 aliphatic heterocycles. The number of nitrogens with zero attached hydrogens (tertiary/aromatic N) is 2. The van der Waals surface area contributed by atoms with E-state index in [9.17, 15) is 5.11 Å². The van der Waals surface area contributed by atoms with Gasteiger partial charge in [-0.1, -0.05) is 28.9 Å². The van der Waals surface area contributed by atoms with Gasteiger partial charge in [0.2, 0.25) is 0 Å². The number of thioether (sulfide) groups is 1. The number of aliphatic hydroxyl groups excluding tert-OH is 1. The lowest BCUT2D eigenvalue weighted by Gasteiger charge is -2.01. The van der Waals surface area contributed by atoms with Gasteiger partial charge in [-0.05, 0) is 25.1 Å². The highest BCUT2D eigenvalue weighted by Gasteiger charge is 2.15. The van der Waals surface area contributed by atoms with Crippen molar-refractivity contribution in [1.82, 2.24) is 10.1 Å². The first-order valence-electron chi connectivity index (χ1n) is 5.78. The summed E-state index contributed by atoms with van der Waals surface area (Å²) in [6.07, 6.45) is -0.393. The Morgan fingerprint density at radius 2 is 2.21 bits per heavy atom. The van der Waals surface area contributed by atoms with Crippen LogP contribution in [0.2, 0.25) is 5.02 Å². The SMILES string of the molecule is NCCC(O)c1nc(CSc2ccccc2Cl)no1. The summed E-state index contributed by atoms with van der Waals surface area (Å²) in [6.45, 7) is 0.368. The van der Waals surface area contributed by atoms with E-state index in [0.29, 0.717) is 29.6 Å². The van der Waals surface area contributed by atoms with Gasteiger partial charge in [0.1, 0.15) is 6.10 Å². The number of rotatable bonds is 6. The van der Waals surface area contributed by atoms with Gasteiger partial charge in [0.15, 0.2) is 5.82 Å². The van der Waals surface area contributed by atoms with Gasteiger partial charge < -0.3 is 15.4 Å². The molecule has 19 heavy (non-hydrogen) atoms. The van der Waals surface area contributed by atoms with Crippen LogP contribution in [0.3, 0.4) is 0 Å². The van der Waals surface area contributed by atoms with Crippen LogP contribution >= 0.6 is 23.4 Å². The molecular weight excluding hydrogens is 286 g/mol. The molecule has 0 bridgehead atoms. The van der Waals surface area contributed by atoms with E-state index >= 15 is 0 Å². The summed E-state index contributed by atoms with van der Waals surface area (Å²) in [5, 5.41) is 14.2. The average molecular weight is 300 g/mol. The molecule has 0 fully saturated rings. The standard InChI is InChI=1S/C12H14ClN3O2S/c13-8-3-1-2-4-10(8)19-7-11-15-12(18-16-11)9(17)5-6-14/h1-4,9,17H,5-7,14H2. The number of nitrogens with two attached hydrogens (primary N) is 1. The van der Waals surface area contributed by atoms with Gasteiger partial charge in [-0.25, -0.2) is 0 Å². The van der Waals surface area contributed by atoms with E-state index in [1.165, 1.54) is 11.8 Å². The minimum Gasteiger partial charge on any atom is -0.383 e. The molecule has 1 heterocycles. The Bertz CT molecular complexity index is 535. The minimum absolute atomic E-state index is 0.209. The normalized spacial score (nSPS) is 12.6. The largest absolute Gasteiger partial charge is 0.383 e. The summed E-state index contributed by atoms with van der Waals surface area (Å²) in [4.78, 5) is 5.08. The second kappa shape index (κ2) is 6.91. The first kappa shape index (κ1) is 14.3. The molecule has 0 aliphatic rings. The fraction of sp³-hybridized carbons (Fsp3) is 0.333. The number of hydrogen-bond donors (Lipinski definition) is 2. The van der Waals surface area contributed by atoms with Crippen molar-refractivity contribution in [3.63, 3.8) is 0 Å². The molecular formula is C12H14ClN3O2S. The Balaban J connectivity index is 1.95. The van der Waals surface area contributed by atoms with Crippen molar-refractivity contribution >= 4 is 23.4 Å². The van der Waals surface area contributed by atoms with Crippen molar-refractivity contribution in [3.8, 4) is 0 Å². The first-order chi connectivity index (χ1) is 9.20. The van der Waals surface area contributed by atoms with E-state index in [4.69, 9.17) is 21.9 Å². The van der Waals surface area contributed by atoms with Gasteiger partial charge in [-0.3, -0.25) is 0 Å². The third-order valence-electron chi connectivity index (χ3n) is 2.40. The molecule has 0 aliphatic carbocycles. The Labute approximate surface area is 120 Å². The van der Waals surface area contributed by atoms with Crippen LogP contribution in [-0.2, 0) is 5.75 Å². The van der Waals surface area contributed by atoms with Gasteiger partial charge in [0, 0.05) is 4.90 Å². The molecule has 1 aromatic carbocycles. The lowest BCUT2D eigenvalue weighted by atomic mass is 10.2. The molecule has 0 radical (unpaired) electrons. The summed E-state index contributed by atoms with van der Waals surface area (Å²) in [5.41, 5.74) is 5.36. The zero-order chi connectivity index (χ0) is 13.7. The fourth-order valence-corrected chi connectivity index (χ4v) is 2.53. The molecule has 0 saturated heterocycles. The van der Waals surface area contributed by atoms with Crippen LogP contribution in [0.1, 0.15) is 24.2 Å². The topological polar surface area (TPSA) is 85.2 Å². The predicted octanol–water partition coefficient (Wildman–Crippen LogP) is 2.40. The summed E-state index contributed by atoms with van der Waals surface area (Å²) < 4.78 is 4.98. The van der Waals surface area contributed by atoms with E-state index in [1.807, 2.05) is 24.3 Å². The summed E-state index contributed by atoms with van der Waals surface area (Å²) in [6, 6.07) is 7.55. The highest BCUT2D eigenvalue weighted by Crippen LogP contribution is 2.28. The average Bonchev–Trinajstić information content (AvgIpc) is 2.87. The highest BCUT2D eigenvalue weighted by molar-refractivity contribution is 7.98. The Kier molecular flexibility index (Phi) is 5.21. The zero-order valence-electron chi connectivity index (χ0n) is 10.1. The minimum atomic E-state index is -0.795. The number of aliphatic hydroxyl groups is 1. The molecule has 5 nitrogen and oxygen atoms in total. The predicted molar refractivity (Wildman–Crippen MR) is 73.9 cm³/mol. The van der Waals surface area contributed by atoms with Crippen molar-refractivity contribution in [3.05, 3.63) is 41.0 Å². The maximum atomic E-state index is 9.66. The van der Waals surface area contributed by atoms with Crippen molar-refractivity contribution in [1.29, 1.82) is 0 Å². The van der Waals surface area contributed by atoms with Crippen LogP contribution < -0.4 is 5.73 Å². The maximum Gasteiger partial charge on any atom is 0.255 e. The number of benzene rings is 1. The van der Waals surface area contributed by atoms with Gasteiger partial charge in [-0.15, -0.1) is 11.8 Å². The molecule has 1 aromatic heterocycles. The molecule has 7 heteroatoms. The van der Waals surface area contributed by atoms with Crippen LogP contribution in [-0.4, -0.2) is 21.8 Å². The molecule has 0 saturated carbocycles. The van der Waals surface area contributed by atoms with Crippen LogP contribution in [0.25, 0.3) is 0 Å². The summed E-state index contributed by atoms with van der Waals surface area (Å²) >= 11 is 7.56. The summed E-state index contributed by atoms with van der Waals surface area (Å²) in [7, 11) is 0. The van der Waals surface area contributed by atoms with Gasteiger partial charge >= 0.3 is 0 Å². The lowest BCUT2D eigenvalue weighted by Crippen LogP contribution is -2.06. The number of hydrogen-bond acceptors (Lipinski definition) is 6. The molecule has 2 aromatic rings. The molecule has 0 amide bonds. The Hall–Kier alpha value is -1.08. The number of aromatic nitrogens is 2. The summed E-state index contributed by atoms with van der Waals surface area (Å²) in [5.74, 6) is 1.26. The van der Waals surface area contributed by atoms with E-state index in [-0.39, 0.29) is 5.89 Å². The van der Waals surface area contributed by atoms with Crippen molar-refractivity contribution in [2.45, 2.75) is 23.2 Å². The van der Waals surface area contributed by atoms with E-state index in [0.717, 1.165) is 4.90 Å². The number of halogens is 1. The molecule has 102 valence electrons. The van der Waals surface area contributed by atoms with Gasteiger partial charge in [0.05, 0.1) is 10.8 Å². The zero-order valence-corrected chi connectivity index (χ0v) is 11.7. The van der Waals surface area contributed by atoms with Crippen molar-refractivity contribution in [2.75, 3.05) is 6.54 Å². The quantitative estimate of drug-likeness (QED) is 0.797. The molecule has 3 N–H and O–H groups in total. The van der Waals surface area contributed by atoms with E-state index in [2.05, 4.69) is 10.1 Å². The Morgan fingerprint density at radius 1 is 1.42 bits per heavy atom. The Morgan fingerprint density at radius 3 is 2.95 bits per heavy atom. The van der Waals surface area contributed by atoms with E-state index in [1.54, 1.807) is 0 Å². The second-order valence-corrected chi connectivity index (χ2v) is 5.29. The van der Waals surface area contributed by atoms with Gasteiger partial charge in [0.25, 0.3) is 5.89 Å². The smallest absolute Gasteiger partial charge is 0.255 e. The van der Waals surface area contributed by atoms with Crippen LogP contribution in [0.15, 0.2) is 33.7 Å². The molecule has 1 unspecified atom stereocenters. The molecule has 1 atom stereocenters. The van der Waals surface area contributed by atoms with Crippen molar-refractivity contribution < 1.29 is 9.63 Å². The van der Waals surface area contributed by atoms with Crippen LogP contribution in [0, 0.1) is 0 Å². The first-order valence-corrected chi connectivity index (χ1v) is 7.15. The maximum absolute atomic E-state index is 9.66. The second-order valence-electron chi connectivity index (χ2n) is 3.86. The fourth-order valence-electron chi connectivity index (χ4n) is 1.45. The highest BCUT2D eigenvalue weighted by atomic mass is 35.5. The lowest BCUT2D eigenvalue weighted by molar-refractivity contribution is 0.127. The van der Waals surface area contributed by atoms with Crippen LogP contribution in [0.5, 0.6) is 0 Å². The van der Waals surface area contributed by atoms with Crippen LogP contribution in [0.4, 0.5) is 0 Å². The third kappa shape index (κ3) is 3.94. The molecule has 0 spiro atoms. The van der Waals surface area contributed by atoms with Crippen molar-refractivity contribution in [2.24, 2.45) is 5.73 Å². The third-order valence-corrected chi connectivity index (χ3v) is 3.91. The molecule has 2 rings (SSSR count). The van der Waals surface area contributed by atoms with Gasteiger partial charge in [-0.2, -0.15) is 4.98 Å². The monoisotopic (exact) mass is 299 g/mol. The van der Waals surface area contributed by atoms with E-state index < -0.39 is 6.10 Å².